The van der Waals surface area contributed by atoms with Gasteiger partial charge in [-0.1, -0.05) is 6.08 Å². The Bertz CT molecular complexity index is 633. The zero-order chi connectivity index (χ0) is 11.0. The fourth-order valence-corrected chi connectivity index (χ4v) is 2.64. The van der Waals surface area contributed by atoms with Gasteiger partial charge in [0, 0.05) is 11.4 Å². The molecule has 0 unspecified atom stereocenters. The lowest BCUT2D eigenvalue weighted by molar-refractivity contribution is 0.754. The van der Waals surface area contributed by atoms with Gasteiger partial charge in [0.25, 0.3) is 5.56 Å². The number of hydrogen-bond acceptors (Lipinski definition) is 3. The number of aryl methyl sites for hydroxylation is 1. The van der Waals surface area contributed by atoms with E-state index in [0.717, 1.165) is 15.1 Å². The van der Waals surface area contributed by atoms with E-state index in [1.807, 2.05) is 13.0 Å². The first-order valence-electron chi connectivity index (χ1n) is 4.47. The molecule has 0 aliphatic heterocycles. The fraction of sp³-hybridized carbons (Fsp3) is 0.200. The molecular formula is C10H10N2OS2. The number of fused-ring (bicyclic) bond motifs is 1. The Kier molecular flexibility index (Phi) is 2.58. The van der Waals surface area contributed by atoms with Crippen LogP contribution in [0.3, 0.4) is 0 Å². The first-order chi connectivity index (χ1) is 7.13. The third-order valence-corrected chi connectivity index (χ3v) is 3.45. The van der Waals surface area contributed by atoms with Gasteiger partial charge in [0.05, 0.1) is 5.52 Å². The summed E-state index contributed by atoms with van der Waals surface area (Å²) in [6, 6.07) is 1.94. The van der Waals surface area contributed by atoms with E-state index in [0.29, 0.717) is 11.3 Å². The zero-order valence-electron chi connectivity index (χ0n) is 8.24. The highest BCUT2D eigenvalue weighted by molar-refractivity contribution is 7.71. The van der Waals surface area contributed by atoms with Crippen LogP contribution < -0.4 is 5.56 Å². The minimum absolute atomic E-state index is 0.0354. The summed E-state index contributed by atoms with van der Waals surface area (Å²) in [7, 11) is 0. The quantitative estimate of drug-likeness (QED) is 0.645. The van der Waals surface area contributed by atoms with E-state index >= 15 is 0 Å². The van der Waals surface area contributed by atoms with E-state index < -0.39 is 0 Å². The summed E-state index contributed by atoms with van der Waals surface area (Å²) in [5.74, 6) is 0. The summed E-state index contributed by atoms with van der Waals surface area (Å²) in [6.45, 7) is 6.02. The molecule has 0 fully saturated rings. The van der Waals surface area contributed by atoms with Gasteiger partial charge >= 0.3 is 0 Å². The van der Waals surface area contributed by atoms with Crippen LogP contribution in [-0.2, 0) is 6.54 Å². The normalized spacial score (nSPS) is 10.7. The molecule has 78 valence electrons. The van der Waals surface area contributed by atoms with Gasteiger partial charge in [0.2, 0.25) is 0 Å². The van der Waals surface area contributed by atoms with Crippen LogP contribution >= 0.6 is 23.6 Å². The Balaban J connectivity index is 2.89. The van der Waals surface area contributed by atoms with Crippen molar-refractivity contribution in [3.8, 4) is 0 Å². The number of nitrogens with zero attached hydrogens (tertiary/aromatic N) is 1. The van der Waals surface area contributed by atoms with E-state index in [1.165, 1.54) is 15.9 Å². The number of aromatic nitrogens is 2. The minimum atomic E-state index is -0.0354. The molecular weight excluding hydrogens is 228 g/mol. The molecule has 0 bridgehead atoms. The predicted octanol–water partition coefficient (Wildman–Crippen LogP) is 2.62. The molecule has 2 heterocycles. The summed E-state index contributed by atoms with van der Waals surface area (Å²) in [5.41, 5.74) is 0.791. The summed E-state index contributed by atoms with van der Waals surface area (Å²) < 4.78 is 2.69. The first kappa shape index (κ1) is 10.3. The Hall–Kier alpha value is -1.20. The lowest BCUT2D eigenvalue weighted by atomic mass is 10.4. The van der Waals surface area contributed by atoms with Gasteiger partial charge < -0.3 is 4.98 Å². The van der Waals surface area contributed by atoms with Crippen molar-refractivity contribution in [1.29, 1.82) is 0 Å². The molecule has 5 heteroatoms. The third-order valence-electron chi connectivity index (χ3n) is 2.09. The highest BCUT2D eigenvalue weighted by Gasteiger charge is 2.06. The van der Waals surface area contributed by atoms with Crippen molar-refractivity contribution < 1.29 is 0 Å². The monoisotopic (exact) mass is 238 g/mol. The lowest BCUT2D eigenvalue weighted by Gasteiger charge is -2.01. The van der Waals surface area contributed by atoms with E-state index in [1.54, 1.807) is 6.08 Å². The van der Waals surface area contributed by atoms with E-state index in [2.05, 4.69) is 11.6 Å². The van der Waals surface area contributed by atoms with Crippen molar-refractivity contribution in [2.75, 3.05) is 0 Å². The van der Waals surface area contributed by atoms with Gasteiger partial charge in [-0.15, -0.1) is 17.9 Å². The van der Waals surface area contributed by atoms with Crippen LogP contribution in [-0.4, -0.2) is 9.55 Å². The van der Waals surface area contributed by atoms with E-state index in [4.69, 9.17) is 12.2 Å². The largest absolute Gasteiger partial charge is 0.331 e. The smallest absolute Gasteiger partial charge is 0.272 e. The van der Waals surface area contributed by atoms with Crippen molar-refractivity contribution in [2.24, 2.45) is 0 Å². The van der Waals surface area contributed by atoms with Gasteiger partial charge in [0.15, 0.2) is 4.77 Å². The number of H-pyrrole nitrogens is 1. The van der Waals surface area contributed by atoms with Crippen molar-refractivity contribution >= 4 is 33.8 Å². The molecule has 3 nitrogen and oxygen atoms in total. The molecule has 0 aliphatic carbocycles. The first-order valence-corrected chi connectivity index (χ1v) is 5.70. The molecule has 2 rings (SSSR count). The van der Waals surface area contributed by atoms with Crippen LogP contribution in [0.5, 0.6) is 0 Å². The highest BCUT2D eigenvalue weighted by Crippen LogP contribution is 2.19. The Morgan fingerprint density at radius 1 is 1.73 bits per heavy atom. The van der Waals surface area contributed by atoms with Crippen molar-refractivity contribution in [1.82, 2.24) is 9.55 Å². The van der Waals surface area contributed by atoms with Gasteiger partial charge in [-0.2, -0.15) is 0 Å². The maximum Gasteiger partial charge on any atom is 0.272 e. The standard InChI is InChI=1S/C10H10N2OS2/c1-3-4-12-9(13)8-7(11-10(12)14)5-6(2)15-8/h3,5H,1,4H2,2H3,(H,11,14). The molecule has 2 aromatic heterocycles. The van der Waals surface area contributed by atoms with Crippen molar-refractivity contribution in [2.45, 2.75) is 13.5 Å². The van der Waals surface area contributed by atoms with Crippen LogP contribution in [0.25, 0.3) is 10.2 Å². The van der Waals surface area contributed by atoms with Gasteiger partial charge in [-0.25, -0.2) is 0 Å². The maximum atomic E-state index is 12.0. The Morgan fingerprint density at radius 3 is 3.13 bits per heavy atom. The minimum Gasteiger partial charge on any atom is -0.331 e. The van der Waals surface area contributed by atoms with Crippen LogP contribution in [0.1, 0.15) is 4.88 Å². The zero-order valence-corrected chi connectivity index (χ0v) is 9.87. The molecule has 2 aromatic rings. The molecule has 15 heavy (non-hydrogen) atoms. The highest BCUT2D eigenvalue weighted by atomic mass is 32.1. The van der Waals surface area contributed by atoms with Gasteiger partial charge in [0.1, 0.15) is 4.70 Å². The lowest BCUT2D eigenvalue weighted by Crippen LogP contribution is -2.20. The molecule has 0 spiro atoms. The van der Waals surface area contributed by atoms with Crippen LogP contribution in [0, 0.1) is 11.7 Å². The Morgan fingerprint density at radius 2 is 2.47 bits per heavy atom. The molecule has 0 radical (unpaired) electrons. The van der Waals surface area contributed by atoms with Crippen LogP contribution in [0.2, 0.25) is 0 Å². The van der Waals surface area contributed by atoms with Crippen molar-refractivity contribution in [3.05, 3.63) is 38.7 Å². The SMILES string of the molecule is C=CCn1c(=S)[nH]c2cc(C)sc2c1=O. The number of nitrogens with one attached hydrogen (secondary N) is 1. The summed E-state index contributed by atoms with van der Waals surface area (Å²) >= 11 is 6.59. The van der Waals surface area contributed by atoms with E-state index in [9.17, 15) is 4.79 Å². The van der Waals surface area contributed by atoms with Gasteiger partial charge in [-0.05, 0) is 25.2 Å². The number of rotatable bonds is 2. The average molecular weight is 238 g/mol. The van der Waals surface area contributed by atoms with Crippen molar-refractivity contribution in [3.63, 3.8) is 0 Å². The Labute approximate surface area is 95.7 Å². The second-order valence-electron chi connectivity index (χ2n) is 3.23. The molecule has 0 aromatic carbocycles. The van der Waals surface area contributed by atoms with E-state index in [-0.39, 0.29) is 5.56 Å². The average Bonchev–Trinajstić information content (AvgIpc) is 2.53. The molecule has 0 saturated carbocycles. The molecule has 0 saturated heterocycles. The maximum absolute atomic E-state index is 12.0. The number of thiophene rings is 1. The summed E-state index contributed by atoms with van der Waals surface area (Å²) in [5, 5.41) is 0. The summed E-state index contributed by atoms with van der Waals surface area (Å²) in [4.78, 5) is 16.1. The number of allylic oxidation sites excluding steroid dienone is 1. The van der Waals surface area contributed by atoms with Crippen LogP contribution in [0.15, 0.2) is 23.5 Å². The molecule has 0 amide bonds. The predicted molar refractivity (Wildman–Crippen MR) is 66.2 cm³/mol. The second kappa shape index (κ2) is 3.75. The summed E-state index contributed by atoms with van der Waals surface area (Å²) in [6.07, 6.45) is 1.66. The molecule has 1 N–H and O–H groups in total. The second-order valence-corrected chi connectivity index (χ2v) is 4.88. The number of hydrogen-bond donors (Lipinski definition) is 1. The molecule has 0 aliphatic rings. The number of aromatic amines is 1. The topological polar surface area (TPSA) is 37.8 Å². The molecule has 0 atom stereocenters. The van der Waals surface area contributed by atoms with Gasteiger partial charge in [-0.3, -0.25) is 9.36 Å². The third kappa shape index (κ3) is 1.68. The van der Waals surface area contributed by atoms with Crippen LogP contribution in [0.4, 0.5) is 0 Å². The fourth-order valence-electron chi connectivity index (χ4n) is 1.46.